The molecule has 0 bridgehead atoms. The van der Waals surface area contributed by atoms with Gasteiger partial charge in [-0.25, -0.2) is 0 Å². The zero-order valence-electron chi connectivity index (χ0n) is 20.4. The Morgan fingerprint density at radius 1 is 0.517 bits per heavy atom. The maximum atomic E-state index is 11.7. The van der Waals surface area contributed by atoms with Gasteiger partial charge in [-0.2, -0.15) is 0 Å². The second-order valence-electron chi connectivity index (χ2n) is 9.62. The van der Waals surface area contributed by atoms with Gasteiger partial charge in [-0.15, -0.1) is 0 Å². The molecule has 0 aliphatic heterocycles. The Kier molecular flexibility index (Phi) is 20.4. The van der Waals surface area contributed by atoms with Crippen LogP contribution >= 0.6 is 0 Å². The third-order valence-electron chi connectivity index (χ3n) is 6.71. The maximum Gasteiger partial charge on any atom is 0.303 e. The highest BCUT2D eigenvalue weighted by Crippen LogP contribution is 2.40. The average molecular weight is 411 g/mol. The van der Waals surface area contributed by atoms with Crippen LogP contribution in [-0.2, 0) is 4.79 Å². The topological polar surface area (TPSA) is 37.3 Å². The Bertz CT molecular complexity index is 310. The van der Waals surface area contributed by atoms with E-state index in [1.807, 2.05) is 0 Å². The van der Waals surface area contributed by atoms with Crippen molar-refractivity contribution in [2.24, 2.45) is 5.41 Å². The van der Waals surface area contributed by atoms with Gasteiger partial charge in [0.1, 0.15) is 0 Å². The number of carbonyl (C=O) groups is 1. The van der Waals surface area contributed by atoms with Crippen molar-refractivity contribution in [3.05, 3.63) is 0 Å². The molecular formula is C27H54O2. The van der Waals surface area contributed by atoms with E-state index in [-0.39, 0.29) is 5.41 Å². The van der Waals surface area contributed by atoms with E-state index >= 15 is 0 Å². The Morgan fingerprint density at radius 3 is 1.07 bits per heavy atom. The van der Waals surface area contributed by atoms with Crippen LogP contribution in [-0.4, -0.2) is 11.1 Å². The van der Waals surface area contributed by atoms with Crippen LogP contribution in [0.15, 0.2) is 0 Å². The molecule has 0 aliphatic rings. The molecule has 0 aromatic rings. The van der Waals surface area contributed by atoms with Crippen LogP contribution in [0.5, 0.6) is 0 Å². The molecule has 0 saturated carbocycles. The van der Waals surface area contributed by atoms with Gasteiger partial charge in [-0.3, -0.25) is 4.79 Å². The molecule has 0 aromatic carbocycles. The second-order valence-corrected chi connectivity index (χ2v) is 9.62. The number of rotatable bonds is 23. The van der Waals surface area contributed by atoms with Crippen molar-refractivity contribution in [3.8, 4) is 0 Å². The summed E-state index contributed by atoms with van der Waals surface area (Å²) >= 11 is 0. The molecule has 0 radical (unpaired) electrons. The second kappa shape index (κ2) is 20.7. The summed E-state index contributed by atoms with van der Waals surface area (Å²) in [5, 5.41) is 9.67. The van der Waals surface area contributed by atoms with E-state index in [2.05, 4.69) is 20.8 Å². The first-order chi connectivity index (χ1) is 14.1. The van der Waals surface area contributed by atoms with Crippen molar-refractivity contribution < 1.29 is 9.90 Å². The van der Waals surface area contributed by atoms with Crippen molar-refractivity contribution in [1.82, 2.24) is 0 Å². The van der Waals surface area contributed by atoms with Crippen LogP contribution in [0.25, 0.3) is 0 Å². The summed E-state index contributed by atoms with van der Waals surface area (Å²) in [6, 6.07) is 0. The molecule has 0 atom stereocenters. The number of unbranched alkanes of at least 4 members (excludes halogenated alkanes) is 15. The average Bonchev–Trinajstić information content (AvgIpc) is 2.69. The zero-order valence-corrected chi connectivity index (χ0v) is 20.4. The maximum absolute atomic E-state index is 11.7. The quantitative estimate of drug-likeness (QED) is 0.170. The van der Waals surface area contributed by atoms with Crippen LogP contribution in [0.2, 0.25) is 0 Å². The number of aliphatic carboxylic acids is 1. The van der Waals surface area contributed by atoms with Gasteiger partial charge in [-0.1, -0.05) is 136 Å². The van der Waals surface area contributed by atoms with Crippen LogP contribution in [0.3, 0.4) is 0 Å². The van der Waals surface area contributed by atoms with Crippen molar-refractivity contribution in [3.63, 3.8) is 0 Å². The van der Waals surface area contributed by atoms with Crippen LogP contribution in [0, 0.1) is 5.41 Å². The molecule has 174 valence electrons. The van der Waals surface area contributed by atoms with Crippen molar-refractivity contribution >= 4 is 5.97 Å². The first-order valence-corrected chi connectivity index (χ1v) is 13.3. The van der Waals surface area contributed by atoms with E-state index in [0.29, 0.717) is 6.42 Å². The molecule has 0 aromatic heterocycles. The normalized spacial score (nSPS) is 11.8. The molecule has 29 heavy (non-hydrogen) atoms. The SMILES string of the molecule is CCCCCCCCC(CCCCCCCC)(CCCCCCCC)CC(=O)O. The molecule has 0 aliphatic carbocycles. The minimum absolute atomic E-state index is 0.0616. The highest BCUT2D eigenvalue weighted by Gasteiger charge is 2.31. The first-order valence-electron chi connectivity index (χ1n) is 13.3. The third-order valence-corrected chi connectivity index (χ3v) is 6.71. The third kappa shape index (κ3) is 18.0. The number of carboxylic acid groups (broad SMARTS) is 1. The lowest BCUT2D eigenvalue weighted by atomic mass is 9.71. The Balaban J connectivity index is 4.59. The van der Waals surface area contributed by atoms with E-state index in [1.54, 1.807) is 0 Å². The predicted molar refractivity (Wildman–Crippen MR) is 129 cm³/mol. The monoisotopic (exact) mass is 410 g/mol. The largest absolute Gasteiger partial charge is 0.481 e. The van der Waals surface area contributed by atoms with E-state index in [1.165, 1.54) is 116 Å². The molecule has 0 unspecified atom stereocenters. The van der Waals surface area contributed by atoms with Crippen LogP contribution in [0.4, 0.5) is 0 Å². The highest BCUT2D eigenvalue weighted by molar-refractivity contribution is 5.67. The molecule has 0 spiro atoms. The van der Waals surface area contributed by atoms with Gasteiger partial charge in [0.25, 0.3) is 0 Å². The minimum Gasteiger partial charge on any atom is -0.481 e. The zero-order chi connectivity index (χ0) is 21.6. The fraction of sp³-hybridized carbons (Fsp3) is 0.963. The fourth-order valence-electron chi connectivity index (χ4n) is 4.80. The van der Waals surface area contributed by atoms with E-state index in [4.69, 9.17) is 0 Å². The van der Waals surface area contributed by atoms with Gasteiger partial charge >= 0.3 is 5.97 Å². The molecule has 2 nitrogen and oxygen atoms in total. The van der Waals surface area contributed by atoms with Gasteiger partial charge in [0.05, 0.1) is 6.42 Å². The highest BCUT2D eigenvalue weighted by atomic mass is 16.4. The Hall–Kier alpha value is -0.530. The summed E-state index contributed by atoms with van der Waals surface area (Å²) in [6.07, 6.45) is 27.2. The van der Waals surface area contributed by atoms with Gasteiger partial charge in [0.15, 0.2) is 0 Å². The van der Waals surface area contributed by atoms with Crippen molar-refractivity contribution in [1.29, 1.82) is 0 Å². The van der Waals surface area contributed by atoms with Crippen molar-refractivity contribution in [2.75, 3.05) is 0 Å². The summed E-state index contributed by atoms with van der Waals surface area (Å²) in [5.74, 6) is -0.576. The molecular weight excluding hydrogens is 356 g/mol. The van der Waals surface area contributed by atoms with Crippen molar-refractivity contribution in [2.45, 2.75) is 162 Å². The minimum atomic E-state index is -0.576. The van der Waals surface area contributed by atoms with Gasteiger partial charge in [0, 0.05) is 0 Å². The summed E-state index contributed by atoms with van der Waals surface area (Å²) in [4.78, 5) is 11.7. The summed E-state index contributed by atoms with van der Waals surface area (Å²) < 4.78 is 0. The lowest BCUT2D eigenvalue weighted by molar-refractivity contribution is -0.140. The molecule has 0 rings (SSSR count). The smallest absolute Gasteiger partial charge is 0.303 e. The van der Waals surface area contributed by atoms with E-state index in [9.17, 15) is 9.90 Å². The summed E-state index contributed by atoms with van der Waals surface area (Å²) in [7, 11) is 0. The lowest BCUT2D eigenvalue weighted by Crippen LogP contribution is -2.25. The van der Waals surface area contributed by atoms with Crippen LogP contribution < -0.4 is 0 Å². The van der Waals surface area contributed by atoms with E-state index in [0.717, 1.165) is 19.3 Å². The first kappa shape index (κ1) is 28.5. The van der Waals surface area contributed by atoms with Crippen LogP contribution in [0.1, 0.15) is 162 Å². The summed E-state index contributed by atoms with van der Waals surface area (Å²) in [6.45, 7) is 6.79. The predicted octanol–water partition coefficient (Wildman–Crippen LogP) is 9.70. The number of hydrogen-bond donors (Lipinski definition) is 1. The molecule has 0 saturated heterocycles. The Labute approximate surface area is 183 Å². The lowest BCUT2D eigenvalue weighted by Gasteiger charge is -2.33. The molecule has 0 fully saturated rings. The summed E-state index contributed by atoms with van der Waals surface area (Å²) in [5.41, 5.74) is 0.0616. The molecule has 0 heterocycles. The molecule has 0 amide bonds. The number of carboxylic acids is 1. The Morgan fingerprint density at radius 2 is 0.793 bits per heavy atom. The van der Waals surface area contributed by atoms with Gasteiger partial charge in [-0.05, 0) is 24.7 Å². The van der Waals surface area contributed by atoms with E-state index < -0.39 is 5.97 Å². The van der Waals surface area contributed by atoms with Gasteiger partial charge < -0.3 is 5.11 Å². The fourth-order valence-corrected chi connectivity index (χ4v) is 4.80. The van der Waals surface area contributed by atoms with Gasteiger partial charge in [0.2, 0.25) is 0 Å². The number of hydrogen-bond acceptors (Lipinski definition) is 1. The molecule has 2 heteroatoms. The standard InChI is InChI=1S/C27H54O2/c1-4-7-10-13-16-19-22-27(25-26(28)29,23-20-17-14-11-8-5-2)24-21-18-15-12-9-6-3/h4-25H2,1-3H3,(H,28,29). The molecule has 1 N–H and O–H groups in total.